The van der Waals surface area contributed by atoms with Crippen LogP contribution in [-0.4, -0.2) is 29.4 Å². The lowest BCUT2D eigenvalue weighted by Crippen LogP contribution is -2.46. The van der Waals surface area contributed by atoms with Gasteiger partial charge < -0.3 is 10.1 Å². The highest BCUT2D eigenvalue weighted by Gasteiger charge is 2.36. The Hall–Kier alpha value is -2.82. The maximum Gasteiger partial charge on any atom is 0.323 e. The van der Waals surface area contributed by atoms with Crippen molar-refractivity contribution in [3.05, 3.63) is 66.2 Å². The zero-order valence-electron chi connectivity index (χ0n) is 15.3. The minimum atomic E-state index is -0.154. The summed E-state index contributed by atoms with van der Waals surface area (Å²) in [5.41, 5.74) is 1.09. The van der Waals surface area contributed by atoms with Gasteiger partial charge in [0.05, 0.1) is 12.1 Å². The summed E-state index contributed by atoms with van der Waals surface area (Å²) >= 11 is 0. The molecule has 1 unspecified atom stereocenters. The Labute approximate surface area is 159 Å². The van der Waals surface area contributed by atoms with Crippen LogP contribution in [0.2, 0.25) is 0 Å². The Balaban J connectivity index is 1.26. The highest BCUT2D eigenvalue weighted by atomic mass is 16.5. The van der Waals surface area contributed by atoms with Gasteiger partial charge in [-0.25, -0.2) is 4.79 Å². The second-order valence-electron chi connectivity index (χ2n) is 7.36. The first-order chi connectivity index (χ1) is 13.2. The van der Waals surface area contributed by atoms with Gasteiger partial charge in [-0.05, 0) is 42.9 Å². The summed E-state index contributed by atoms with van der Waals surface area (Å²) in [6.07, 6.45) is 3.59. The number of benzene rings is 2. The van der Waals surface area contributed by atoms with Crippen molar-refractivity contribution in [2.45, 2.75) is 37.8 Å². The average Bonchev–Trinajstić information content (AvgIpc) is 3.06. The molecule has 4 rings (SSSR count). The second-order valence-corrected chi connectivity index (χ2v) is 7.36. The standard InChI is InChI=1S/C22H25N3O2/c23-21-12-11-20(17-7-3-1-4-8-17)25(21)22(26)24-15-16-13-19(14-16)27-18-9-5-2-6-10-18/h1-10,16,19-20,23H,11-15H2,(H,24,26). The van der Waals surface area contributed by atoms with Gasteiger partial charge in [-0.2, -0.15) is 0 Å². The Morgan fingerprint density at radius 2 is 1.74 bits per heavy atom. The molecule has 2 aliphatic rings. The van der Waals surface area contributed by atoms with E-state index in [9.17, 15) is 4.79 Å². The molecular weight excluding hydrogens is 338 g/mol. The number of rotatable bonds is 5. The monoisotopic (exact) mass is 363 g/mol. The Morgan fingerprint density at radius 3 is 2.44 bits per heavy atom. The van der Waals surface area contributed by atoms with Crippen molar-refractivity contribution in [3.63, 3.8) is 0 Å². The van der Waals surface area contributed by atoms with Crippen molar-refractivity contribution in [2.24, 2.45) is 5.92 Å². The number of urea groups is 1. The molecule has 2 fully saturated rings. The van der Waals surface area contributed by atoms with Gasteiger partial charge in [-0.1, -0.05) is 48.5 Å². The maximum atomic E-state index is 12.7. The lowest BCUT2D eigenvalue weighted by molar-refractivity contribution is 0.0652. The molecule has 0 bridgehead atoms. The number of amidine groups is 1. The molecular formula is C22H25N3O2. The van der Waals surface area contributed by atoms with E-state index < -0.39 is 0 Å². The summed E-state index contributed by atoms with van der Waals surface area (Å²) in [5.74, 6) is 1.75. The van der Waals surface area contributed by atoms with Gasteiger partial charge in [-0.15, -0.1) is 0 Å². The van der Waals surface area contributed by atoms with Crippen molar-refractivity contribution in [2.75, 3.05) is 6.54 Å². The predicted octanol–water partition coefficient (Wildman–Crippen LogP) is 4.37. The number of nitrogens with zero attached hydrogens (tertiary/aromatic N) is 1. The molecule has 0 spiro atoms. The van der Waals surface area contributed by atoms with E-state index in [2.05, 4.69) is 5.32 Å². The van der Waals surface area contributed by atoms with Gasteiger partial charge >= 0.3 is 6.03 Å². The predicted molar refractivity (Wildman–Crippen MR) is 105 cm³/mol. The third-order valence-corrected chi connectivity index (χ3v) is 5.44. The van der Waals surface area contributed by atoms with Gasteiger partial charge in [0.15, 0.2) is 0 Å². The van der Waals surface area contributed by atoms with E-state index in [1.54, 1.807) is 4.90 Å². The van der Waals surface area contributed by atoms with E-state index in [1.165, 1.54) is 0 Å². The van der Waals surface area contributed by atoms with E-state index in [4.69, 9.17) is 10.1 Å². The van der Waals surface area contributed by atoms with Gasteiger partial charge in [0.25, 0.3) is 0 Å². The lowest BCUT2D eigenvalue weighted by atomic mass is 9.82. The molecule has 2 aromatic rings. The van der Waals surface area contributed by atoms with Gasteiger partial charge in [0.1, 0.15) is 11.6 Å². The molecule has 1 atom stereocenters. The minimum Gasteiger partial charge on any atom is -0.490 e. The van der Waals surface area contributed by atoms with Crippen LogP contribution in [0.3, 0.4) is 0 Å². The number of amides is 2. The fourth-order valence-corrected chi connectivity index (χ4v) is 3.91. The summed E-state index contributed by atoms with van der Waals surface area (Å²) in [6, 6.07) is 19.7. The zero-order valence-corrected chi connectivity index (χ0v) is 15.3. The van der Waals surface area contributed by atoms with Gasteiger partial charge in [0.2, 0.25) is 0 Å². The fourth-order valence-electron chi connectivity index (χ4n) is 3.91. The van der Waals surface area contributed by atoms with Crippen LogP contribution in [-0.2, 0) is 0 Å². The molecule has 0 radical (unpaired) electrons. The molecule has 2 aromatic carbocycles. The number of para-hydroxylation sites is 1. The zero-order chi connectivity index (χ0) is 18.6. The fraction of sp³-hybridized carbons (Fsp3) is 0.364. The number of ether oxygens (including phenoxy) is 1. The van der Waals surface area contributed by atoms with Crippen LogP contribution in [0.25, 0.3) is 0 Å². The van der Waals surface area contributed by atoms with Crippen LogP contribution in [0.1, 0.15) is 37.3 Å². The summed E-state index contributed by atoms with van der Waals surface area (Å²) < 4.78 is 5.92. The van der Waals surface area contributed by atoms with E-state index >= 15 is 0 Å². The highest BCUT2D eigenvalue weighted by Crippen LogP contribution is 2.34. The molecule has 1 saturated carbocycles. The number of carbonyl (C=O) groups excluding carboxylic acids is 1. The van der Waals surface area contributed by atoms with E-state index in [0.29, 0.717) is 24.7 Å². The molecule has 2 amide bonds. The lowest BCUT2D eigenvalue weighted by Gasteiger charge is -2.36. The van der Waals surface area contributed by atoms with Crippen LogP contribution < -0.4 is 10.1 Å². The summed E-state index contributed by atoms with van der Waals surface area (Å²) in [7, 11) is 0. The Morgan fingerprint density at radius 1 is 1.07 bits per heavy atom. The van der Waals surface area contributed by atoms with Crippen LogP contribution >= 0.6 is 0 Å². The van der Waals surface area contributed by atoms with Crippen LogP contribution in [0, 0.1) is 11.3 Å². The Bertz CT molecular complexity index is 788. The molecule has 5 nitrogen and oxygen atoms in total. The van der Waals surface area contributed by atoms with Crippen molar-refractivity contribution < 1.29 is 9.53 Å². The molecule has 140 valence electrons. The molecule has 5 heteroatoms. The summed E-state index contributed by atoms with van der Waals surface area (Å²) in [5, 5.41) is 11.2. The van der Waals surface area contributed by atoms with Gasteiger partial charge in [-0.3, -0.25) is 10.3 Å². The van der Waals surface area contributed by atoms with Crippen LogP contribution in [0.4, 0.5) is 4.79 Å². The first kappa shape index (κ1) is 17.6. The number of likely N-dealkylation sites (tertiary alicyclic amines) is 1. The van der Waals surface area contributed by atoms with Crippen molar-refractivity contribution in [1.82, 2.24) is 10.2 Å². The second kappa shape index (κ2) is 7.82. The summed E-state index contributed by atoms with van der Waals surface area (Å²) in [6.45, 7) is 0.638. The SMILES string of the molecule is N=C1CCC(c2ccccc2)N1C(=O)NCC1CC(Oc2ccccc2)C1. The normalized spacial score (nSPS) is 24.4. The Kier molecular flexibility index (Phi) is 5.10. The number of hydrogen-bond donors (Lipinski definition) is 2. The first-order valence-electron chi connectivity index (χ1n) is 9.62. The quantitative estimate of drug-likeness (QED) is 0.828. The van der Waals surface area contributed by atoms with Crippen molar-refractivity contribution >= 4 is 11.9 Å². The molecule has 1 aliphatic heterocycles. The minimum absolute atomic E-state index is 0.0331. The van der Waals surface area contributed by atoms with Crippen LogP contribution in [0.15, 0.2) is 60.7 Å². The molecule has 1 heterocycles. The van der Waals surface area contributed by atoms with Crippen molar-refractivity contribution in [3.8, 4) is 5.75 Å². The largest absolute Gasteiger partial charge is 0.490 e. The molecule has 1 aliphatic carbocycles. The van der Waals surface area contributed by atoms with E-state index in [-0.39, 0.29) is 18.2 Å². The van der Waals surface area contributed by atoms with E-state index in [0.717, 1.165) is 30.6 Å². The maximum absolute atomic E-state index is 12.7. The third kappa shape index (κ3) is 3.97. The molecule has 27 heavy (non-hydrogen) atoms. The van der Waals surface area contributed by atoms with E-state index in [1.807, 2.05) is 60.7 Å². The topological polar surface area (TPSA) is 65.4 Å². The summed E-state index contributed by atoms with van der Waals surface area (Å²) in [4.78, 5) is 14.3. The molecule has 2 N–H and O–H groups in total. The number of hydrogen-bond acceptors (Lipinski definition) is 3. The van der Waals surface area contributed by atoms with Crippen molar-refractivity contribution in [1.29, 1.82) is 5.41 Å². The number of carbonyl (C=O) groups is 1. The highest BCUT2D eigenvalue weighted by molar-refractivity contribution is 5.98. The average molecular weight is 363 g/mol. The molecule has 0 aromatic heterocycles. The van der Waals surface area contributed by atoms with Gasteiger partial charge in [0, 0.05) is 13.0 Å². The third-order valence-electron chi connectivity index (χ3n) is 5.44. The first-order valence-corrected chi connectivity index (χ1v) is 9.62. The molecule has 1 saturated heterocycles. The van der Waals surface area contributed by atoms with Crippen LogP contribution in [0.5, 0.6) is 5.75 Å². The number of nitrogens with one attached hydrogen (secondary N) is 2. The smallest absolute Gasteiger partial charge is 0.323 e.